The van der Waals surface area contributed by atoms with Crippen LogP contribution in [-0.4, -0.2) is 53.2 Å². The third kappa shape index (κ3) is 4.42. The molecule has 4 aromatic rings. The van der Waals surface area contributed by atoms with E-state index in [1.54, 1.807) is 11.3 Å². The lowest BCUT2D eigenvalue weighted by Crippen LogP contribution is -2.48. The van der Waals surface area contributed by atoms with Gasteiger partial charge in [-0.1, -0.05) is 24.3 Å². The number of ether oxygens (including phenoxy) is 2. The molecule has 4 heterocycles. The van der Waals surface area contributed by atoms with Gasteiger partial charge in [-0.15, -0.1) is 0 Å². The normalized spacial score (nSPS) is 16.7. The monoisotopic (exact) mass is 487 g/mol. The van der Waals surface area contributed by atoms with Gasteiger partial charge in [0.25, 0.3) is 0 Å². The molecule has 2 aromatic carbocycles. The van der Waals surface area contributed by atoms with Gasteiger partial charge in [-0.3, -0.25) is 9.69 Å². The Hall–Kier alpha value is -3.29. The lowest BCUT2D eigenvalue weighted by molar-refractivity contribution is -0.133. The average molecular weight is 488 g/mol. The molecule has 2 aromatic heterocycles. The van der Waals surface area contributed by atoms with E-state index >= 15 is 0 Å². The highest BCUT2D eigenvalue weighted by Crippen LogP contribution is 2.36. The Kier molecular flexibility index (Phi) is 5.96. The van der Waals surface area contributed by atoms with Crippen LogP contribution in [0.1, 0.15) is 29.0 Å². The highest BCUT2D eigenvalue weighted by Gasteiger charge is 2.27. The number of hydrogen-bond donors (Lipinski definition) is 0. The highest BCUT2D eigenvalue weighted by molar-refractivity contribution is 7.08. The molecule has 1 atom stereocenters. The predicted octanol–water partition coefficient (Wildman–Crippen LogP) is 4.83. The van der Waals surface area contributed by atoms with E-state index in [1.165, 1.54) is 27.6 Å². The van der Waals surface area contributed by atoms with Crippen LogP contribution in [0.2, 0.25) is 0 Å². The van der Waals surface area contributed by atoms with E-state index in [1.807, 2.05) is 11.0 Å². The number of piperazine rings is 1. The van der Waals surface area contributed by atoms with Crippen molar-refractivity contribution in [3.05, 3.63) is 82.2 Å². The molecular formula is C28H29N3O3S. The van der Waals surface area contributed by atoms with E-state index in [9.17, 15) is 4.79 Å². The Morgan fingerprint density at radius 3 is 2.69 bits per heavy atom. The van der Waals surface area contributed by atoms with Gasteiger partial charge in [0.1, 0.15) is 0 Å². The van der Waals surface area contributed by atoms with Gasteiger partial charge in [-0.25, -0.2) is 0 Å². The van der Waals surface area contributed by atoms with Crippen molar-refractivity contribution in [2.24, 2.45) is 7.05 Å². The summed E-state index contributed by atoms with van der Waals surface area (Å²) in [7, 11) is 2.08. The summed E-state index contributed by atoms with van der Waals surface area (Å²) in [5.74, 6) is 1.93. The molecule has 1 fully saturated rings. The van der Waals surface area contributed by atoms with Crippen LogP contribution >= 0.6 is 11.3 Å². The first kappa shape index (κ1) is 22.2. The molecule has 1 saturated heterocycles. The molecule has 6 rings (SSSR count). The minimum absolute atomic E-state index is 0.0616. The lowest BCUT2D eigenvalue weighted by Gasteiger charge is -2.35. The van der Waals surface area contributed by atoms with Crippen molar-refractivity contribution in [2.45, 2.75) is 18.9 Å². The number of nitrogens with zero attached hydrogens (tertiary/aromatic N) is 3. The first-order chi connectivity index (χ1) is 17.2. The van der Waals surface area contributed by atoms with Gasteiger partial charge in [-0.05, 0) is 51.7 Å². The van der Waals surface area contributed by atoms with E-state index < -0.39 is 0 Å². The van der Waals surface area contributed by atoms with E-state index in [0.717, 1.165) is 44.2 Å². The summed E-state index contributed by atoms with van der Waals surface area (Å²) in [6.45, 7) is 4.41. The Morgan fingerprint density at radius 1 is 1.03 bits per heavy atom. The molecule has 0 N–H and O–H groups in total. The highest BCUT2D eigenvalue weighted by atomic mass is 32.1. The van der Waals surface area contributed by atoms with Crippen molar-refractivity contribution in [3.8, 4) is 11.5 Å². The van der Waals surface area contributed by atoms with Crippen LogP contribution in [0, 0.1) is 0 Å². The number of fused-ring (bicyclic) bond motifs is 2. The zero-order valence-electron chi connectivity index (χ0n) is 19.9. The fourth-order valence-corrected chi connectivity index (χ4v) is 6.00. The summed E-state index contributed by atoms with van der Waals surface area (Å²) in [4.78, 5) is 17.9. The lowest BCUT2D eigenvalue weighted by atomic mass is 9.89. The molecule has 7 heteroatoms. The molecule has 0 bridgehead atoms. The van der Waals surface area contributed by atoms with E-state index in [0.29, 0.717) is 13.2 Å². The zero-order valence-corrected chi connectivity index (χ0v) is 20.7. The van der Waals surface area contributed by atoms with Gasteiger partial charge in [0.2, 0.25) is 12.7 Å². The number of para-hydroxylation sites is 1. The number of carbonyl (C=O) groups excluding carboxylic acids is 1. The van der Waals surface area contributed by atoms with Gasteiger partial charge in [0.05, 0.1) is 0 Å². The Labute approximate surface area is 209 Å². The molecule has 6 nitrogen and oxygen atoms in total. The fraction of sp³-hybridized carbons (Fsp3) is 0.321. The molecule has 0 radical (unpaired) electrons. The van der Waals surface area contributed by atoms with Crippen LogP contribution in [0.25, 0.3) is 10.9 Å². The minimum atomic E-state index is 0.0616. The van der Waals surface area contributed by atoms with Gasteiger partial charge >= 0.3 is 0 Å². The third-order valence-corrected chi connectivity index (χ3v) is 7.90. The zero-order chi connectivity index (χ0) is 23.8. The summed E-state index contributed by atoms with van der Waals surface area (Å²) in [5.41, 5.74) is 4.87. The van der Waals surface area contributed by atoms with Crippen molar-refractivity contribution in [1.29, 1.82) is 0 Å². The van der Waals surface area contributed by atoms with Crippen LogP contribution in [0.4, 0.5) is 0 Å². The predicted molar refractivity (Wildman–Crippen MR) is 138 cm³/mol. The summed E-state index contributed by atoms with van der Waals surface area (Å²) < 4.78 is 13.1. The van der Waals surface area contributed by atoms with Crippen molar-refractivity contribution < 1.29 is 14.3 Å². The number of amides is 1. The number of hydrogen-bond acceptors (Lipinski definition) is 5. The van der Waals surface area contributed by atoms with E-state index in [2.05, 4.69) is 75.9 Å². The maximum atomic E-state index is 13.5. The average Bonchev–Trinajstić information content (AvgIpc) is 3.64. The van der Waals surface area contributed by atoms with Crippen molar-refractivity contribution in [2.75, 3.05) is 33.0 Å². The van der Waals surface area contributed by atoms with Crippen molar-refractivity contribution >= 4 is 28.1 Å². The quantitative estimate of drug-likeness (QED) is 0.391. The largest absolute Gasteiger partial charge is 0.454 e. The Morgan fingerprint density at radius 2 is 1.86 bits per heavy atom. The maximum absolute atomic E-state index is 13.5. The molecule has 2 aliphatic heterocycles. The molecule has 180 valence electrons. The fourth-order valence-electron chi connectivity index (χ4n) is 5.29. The Balaban J connectivity index is 1.13. The second-order valence-electron chi connectivity index (χ2n) is 9.37. The van der Waals surface area contributed by atoms with Gasteiger partial charge < -0.3 is 18.9 Å². The van der Waals surface area contributed by atoms with Crippen LogP contribution in [0.5, 0.6) is 11.5 Å². The van der Waals surface area contributed by atoms with Crippen LogP contribution < -0.4 is 9.47 Å². The Bertz CT molecular complexity index is 1340. The van der Waals surface area contributed by atoms with E-state index in [4.69, 9.17) is 9.47 Å². The maximum Gasteiger partial charge on any atom is 0.231 e. The van der Waals surface area contributed by atoms with Crippen molar-refractivity contribution in [1.82, 2.24) is 14.4 Å². The summed E-state index contributed by atoms with van der Waals surface area (Å²) in [5, 5.41) is 5.52. The first-order valence-electron chi connectivity index (χ1n) is 12.1. The van der Waals surface area contributed by atoms with Gasteiger partial charge in [0.15, 0.2) is 11.5 Å². The summed E-state index contributed by atoms with van der Waals surface area (Å²) >= 11 is 1.69. The second-order valence-corrected chi connectivity index (χ2v) is 10.2. The molecule has 0 saturated carbocycles. The van der Waals surface area contributed by atoms with E-state index in [-0.39, 0.29) is 11.8 Å². The van der Waals surface area contributed by atoms with Crippen LogP contribution in [0.3, 0.4) is 0 Å². The topological polar surface area (TPSA) is 46.9 Å². The molecule has 0 spiro atoms. The number of aromatic nitrogens is 1. The van der Waals surface area contributed by atoms with Crippen LogP contribution in [0.15, 0.2) is 65.5 Å². The van der Waals surface area contributed by atoms with Gasteiger partial charge in [-0.2, -0.15) is 11.3 Å². The molecule has 35 heavy (non-hydrogen) atoms. The first-order valence-corrected chi connectivity index (χ1v) is 13.0. The number of rotatable bonds is 6. The number of carbonyl (C=O) groups is 1. The standard InChI is InChI=1S/C28H29N3O3S/c1-29-17-24(22-4-2-3-5-25(22)29)23(21-8-13-35-18-21)15-28(32)31-11-9-30(10-12-31)16-20-6-7-26-27(14-20)34-19-33-26/h2-8,13-14,17-18,23H,9-12,15-16,19H2,1H3. The smallest absolute Gasteiger partial charge is 0.231 e. The molecule has 2 aliphatic rings. The molecule has 0 aliphatic carbocycles. The number of benzene rings is 2. The van der Waals surface area contributed by atoms with Crippen molar-refractivity contribution in [3.63, 3.8) is 0 Å². The summed E-state index contributed by atoms with van der Waals surface area (Å²) in [6.07, 6.45) is 2.69. The molecular weight excluding hydrogens is 458 g/mol. The third-order valence-electron chi connectivity index (χ3n) is 7.20. The number of thiophene rings is 1. The minimum Gasteiger partial charge on any atom is -0.454 e. The van der Waals surface area contributed by atoms with Gasteiger partial charge in [0, 0.05) is 69.2 Å². The molecule has 1 unspecified atom stereocenters. The molecule has 1 amide bonds. The van der Waals surface area contributed by atoms with Crippen LogP contribution in [-0.2, 0) is 18.4 Å². The summed E-state index contributed by atoms with van der Waals surface area (Å²) in [6, 6.07) is 16.8. The second kappa shape index (κ2) is 9.40. The number of aryl methyl sites for hydroxylation is 1. The SMILES string of the molecule is Cn1cc(C(CC(=O)N2CCN(Cc3ccc4c(c3)OCO4)CC2)c2ccsc2)c2ccccc21.